The van der Waals surface area contributed by atoms with Gasteiger partial charge in [-0.3, -0.25) is 19.2 Å². The number of nitrogens with zero attached hydrogens (tertiary/aromatic N) is 6. The Balaban J connectivity index is 1.05. The summed E-state index contributed by atoms with van der Waals surface area (Å²) in [5.74, 6) is -9.54. The number of hydrogen-bond donors (Lipinski definition) is 2. The Morgan fingerprint density at radius 1 is 1.00 bits per heavy atom. The Morgan fingerprint density at radius 3 is 2.44 bits per heavy atom. The molecule has 6 heterocycles. The fraction of sp³-hybridized carbons (Fsp3) is 0.375. The molecule has 2 aromatic carbocycles. The van der Waals surface area contributed by atoms with Gasteiger partial charge in [0.2, 0.25) is 5.91 Å². The number of carbonyl (C=O) groups is 2. The van der Waals surface area contributed by atoms with Crippen LogP contribution in [0.3, 0.4) is 0 Å². The van der Waals surface area contributed by atoms with Crippen LogP contribution in [0.1, 0.15) is 56.1 Å². The number of pyridine rings is 1. The van der Waals surface area contributed by atoms with Crippen LogP contribution in [0.2, 0.25) is 0 Å². The molecule has 2 amide bonds. The molecule has 0 saturated carbocycles. The molecule has 0 unspecified atom stereocenters. The number of aromatic nitrogens is 4. The highest BCUT2D eigenvalue weighted by Crippen LogP contribution is 2.60. The molecule has 0 radical (unpaired) electrons. The molecule has 59 heavy (non-hydrogen) atoms. The Kier molecular flexibility index (Phi) is 8.88. The van der Waals surface area contributed by atoms with E-state index >= 15 is 8.78 Å². The molecule has 2 aliphatic carbocycles. The molecule has 3 aromatic heterocycles. The van der Waals surface area contributed by atoms with Crippen molar-refractivity contribution >= 4 is 38.6 Å². The standard InChI is InChI=1S/C40H33F7N8O3S/c41-22-9-19(10-23(42)13-22)11-29(49-31(56)16-55-35-32(34(52-55)40(45,46)47)25-3-4-28(25)39(35,43)44)33-26(20-1-2-21-15-48-37(57)27(21)12-20)14-30-36(50-33)51-38(59-30)54-7-5-53(6-8-54)24-17-58-18-24/h1-4,9-10,12-14,24-25,28-29H,5-8,11,15-18H2,(H,48,57)(H,49,56)/t25-,28+,29-/m0/s1. The van der Waals surface area contributed by atoms with Gasteiger partial charge >= 0.3 is 6.18 Å². The molecule has 2 fully saturated rings. The molecule has 5 aromatic rings. The third kappa shape index (κ3) is 6.53. The summed E-state index contributed by atoms with van der Waals surface area (Å²) in [5.41, 5.74) is -0.471. The third-order valence-corrected chi connectivity index (χ3v) is 12.8. The number of thiazole rings is 1. The van der Waals surface area contributed by atoms with Gasteiger partial charge in [-0.2, -0.15) is 32.0 Å². The van der Waals surface area contributed by atoms with Gasteiger partial charge in [0.25, 0.3) is 11.8 Å². The lowest BCUT2D eigenvalue weighted by atomic mass is 9.81. The highest BCUT2D eigenvalue weighted by atomic mass is 32.1. The number of rotatable bonds is 9. The van der Waals surface area contributed by atoms with Crippen LogP contribution in [-0.2, 0) is 41.1 Å². The average Bonchev–Trinajstić information content (AvgIpc) is 3.87. The molecular weight excluding hydrogens is 806 g/mol. The molecule has 2 N–H and O–H groups in total. The zero-order chi connectivity index (χ0) is 41.0. The molecule has 10 rings (SSSR count). The van der Waals surface area contributed by atoms with Crippen LogP contribution in [-0.4, -0.2) is 81.9 Å². The first-order chi connectivity index (χ1) is 28.2. The van der Waals surface area contributed by atoms with Crippen molar-refractivity contribution in [3.05, 3.63) is 106 Å². The van der Waals surface area contributed by atoms with Crippen molar-refractivity contribution < 1.29 is 45.1 Å². The van der Waals surface area contributed by atoms with E-state index in [-0.39, 0.29) is 23.6 Å². The van der Waals surface area contributed by atoms with E-state index in [1.807, 2.05) is 0 Å². The fourth-order valence-electron chi connectivity index (χ4n) is 8.73. The molecule has 3 atom stereocenters. The van der Waals surface area contributed by atoms with E-state index in [1.54, 1.807) is 24.3 Å². The van der Waals surface area contributed by atoms with Gasteiger partial charge in [-0.05, 0) is 47.4 Å². The van der Waals surface area contributed by atoms with Crippen LogP contribution in [0.25, 0.3) is 21.5 Å². The second-order valence-corrected chi connectivity index (χ2v) is 16.4. The Hall–Kier alpha value is -5.40. The Bertz CT molecular complexity index is 2560. The summed E-state index contributed by atoms with van der Waals surface area (Å²) >= 11 is 1.40. The van der Waals surface area contributed by atoms with Crippen molar-refractivity contribution in [2.24, 2.45) is 5.92 Å². The maximum absolute atomic E-state index is 15.6. The molecule has 0 spiro atoms. The number of piperazine rings is 1. The van der Waals surface area contributed by atoms with Gasteiger partial charge in [-0.15, -0.1) is 0 Å². The lowest BCUT2D eigenvalue weighted by molar-refractivity contribution is -0.142. The molecule has 3 aliphatic heterocycles. The Morgan fingerprint density at radius 2 is 1.76 bits per heavy atom. The summed E-state index contributed by atoms with van der Waals surface area (Å²) in [6, 6.07) is 8.98. The van der Waals surface area contributed by atoms with Crippen LogP contribution >= 0.6 is 11.3 Å². The van der Waals surface area contributed by atoms with Crippen LogP contribution in [0.4, 0.5) is 35.9 Å². The summed E-state index contributed by atoms with van der Waals surface area (Å²) in [6.07, 6.45) is -2.95. The van der Waals surface area contributed by atoms with Crippen LogP contribution in [0.15, 0.2) is 54.6 Å². The van der Waals surface area contributed by atoms with Gasteiger partial charge in [-0.1, -0.05) is 35.6 Å². The van der Waals surface area contributed by atoms with Gasteiger partial charge in [0.15, 0.2) is 16.5 Å². The van der Waals surface area contributed by atoms with E-state index < -0.39 is 71.0 Å². The van der Waals surface area contributed by atoms with Gasteiger partial charge < -0.3 is 20.3 Å². The van der Waals surface area contributed by atoms with Crippen LogP contribution < -0.4 is 15.5 Å². The highest BCUT2D eigenvalue weighted by molar-refractivity contribution is 7.22. The summed E-state index contributed by atoms with van der Waals surface area (Å²) in [5, 5.41) is 9.70. The lowest BCUT2D eigenvalue weighted by Crippen LogP contribution is -2.56. The fourth-order valence-corrected chi connectivity index (χ4v) is 9.73. The van der Waals surface area contributed by atoms with Crippen LogP contribution in [0.5, 0.6) is 0 Å². The number of anilines is 1. The predicted molar refractivity (Wildman–Crippen MR) is 200 cm³/mol. The molecule has 2 saturated heterocycles. The highest BCUT2D eigenvalue weighted by Gasteiger charge is 2.61. The van der Waals surface area contributed by atoms with E-state index in [9.17, 15) is 31.5 Å². The zero-order valence-corrected chi connectivity index (χ0v) is 31.6. The number of alkyl halides is 5. The van der Waals surface area contributed by atoms with Crippen molar-refractivity contribution in [3.8, 4) is 11.1 Å². The summed E-state index contributed by atoms with van der Waals surface area (Å²) in [4.78, 5) is 41.1. The number of allylic oxidation sites excluding steroid dienone is 2. The average molecular weight is 839 g/mol. The van der Waals surface area contributed by atoms with Gasteiger partial charge in [0.05, 0.1) is 41.6 Å². The smallest absolute Gasteiger partial charge is 0.378 e. The summed E-state index contributed by atoms with van der Waals surface area (Å²) in [6.45, 7) is 3.69. The second kappa shape index (κ2) is 13.8. The minimum absolute atomic E-state index is 0.0937. The summed E-state index contributed by atoms with van der Waals surface area (Å²) < 4.78 is 109. The summed E-state index contributed by atoms with van der Waals surface area (Å²) in [7, 11) is 0. The number of hydrogen-bond acceptors (Lipinski definition) is 9. The van der Waals surface area contributed by atoms with E-state index in [0.717, 1.165) is 36.9 Å². The number of ether oxygens (including phenoxy) is 1. The van der Waals surface area contributed by atoms with Gasteiger partial charge in [-0.25, -0.2) is 13.8 Å². The monoisotopic (exact) mass is 838 g/mol. The van der Waals surface area contributed by atoms with E-state index in [1.165, 1.54) is 17.4 Å². The minimum Gasteiger partial charge on any atom is -0.378 e. The third-order valence-electron chi connectivity index (χ3n) is 11.8. The number of nitrogens with one attached hydrogen (secondary N) is 2. The van der Waals surface area contributed by atoms with E-state index in [0.29, 0.717) is 81.8 Å². The van der Waals surface area contributed by atoms with Crippen LogP contribution in [0, 0.1) is 17.6 Å². The molecule has 306 valence electrons. The Labute approximate surface area is 334 Å². The predicted octanol–water partition coefficient (Wildman–Crippen LogP) is 6.09. The molecule has 19 heteroatoms. The first kappa shape index (κ1) is 37.8. The molecule has 0 bridgehead atoms. The van der Waals surface area contributed by atoms with Crippen molar-refractivity contribution in [1.82, 2.24) is 35.3 Å². The van der Waals surface area contributed by atoms with Crippen molar-refractivity contribution in [2.75, 3.05) is 44.3 Å². The lowest BCUT2D eigenvalue weighted by Gasteiger charge is -2.42. The van der Waals surface area contributed by atoms with Crippen molar-refractivity contribution in [3.63, 3.8) is 0 Å². The first-order valence-electron chi connectivity index (χ1n) is 19.0. The first-order valence-corrected chi connectivity index (χ1v) is 19.8. The topological polar surface area (TPSA) is 118 Å². The SMILES string of the molecule is O=C(Cn1nc(C(F)(F)F)c2c1C(F)(F)[C@@H]1C=C[C@H]21)N[C@@H](Cc1cc(F)cc(F)c1)c1nc2nc(N3CCN(C4COC4)CC3)sc2cc1-c1ccc2c(c1)C(=O)NC2. The normalized spacial score (nSPS) is 21.5. The van der Waals surface area contributed by atoms with E-state index in [4.69, 9.17) is 14.7 Å². The molecular formula is C40H33F7N8O3S. The maximum atomic E-state index is 15.6. The molecule has 11 nitrogen and oxygen atoms in total. The molecule has 5 aliphatic rings. The number of halogens is 7. The quantitative estimate of drug-likeness (QED) is 0.135. The number of fused-ring (bicyclic) bond motifs is 5. The van der Waals surface area contributed by atoms with Gasteiger partial charge in [0.1, 0.15) is 23.9 Å². The second-order valence-electron chi connectivity index (χ2n) is 15.4. The largest absolute Gasteiger partial charge is 0.435 e. The zero-order valence-electron chi connectivity index (χ0n) is 30.8. The minimum atomic E-state index is -5.07. The van der Waals surface area contributed by atoms with Crippen molar-refractivity contribution in [2.45, 2.75) is 49.6 Å². The number of carbonyl (C=O) groups excluding carboxylic acids is 2. The number of benzene rings is 2. The van der Waals surface area contributed by atoms with E-state index in [2.05, 4.69) is 25.5 Å². The van der Waals surface area contributed by atoms with Crippen molar-refractivity contribution in [1.29, 1.82) is 0 Å². The number of amides is 2. The van der Waals surface area contributed by atoms with Gasteiger partial charge in [0, 0.05) is 61.4 Å². The maximum Gasteiger partial charge on any atom is 0.435 e.